The van der Waals surface area contributed by atoms with Gasteiger partial charge in [0.25, 0.3) is 0 Å². The van der Waals surface area contributed by atoms with Crippen LogP contribution in [0, 0.1) is 0 Å². The summed E-state index contributed by atoms with van der Waals surface area (Å²) >= 11 is 0. The van der Waals surface area contributed by atoms with Gasteiger partial charge in [-0.15, -0.1) is 0 Å². The average molecular weight is 267 g/mol. The Balaban J connectivity index is 1.53. The zero-order chi connectivity index (χ0) is 13.4. The summed E-state index contributed by atoms with van der Waals surface area (Å²) in [6.07, 6.45) is 16.9. The fraction of sp³-hybridized carbons (Fsp3) is 1.00. The predicted molar refractivity (Wildman–Crippen MR) is 81.6 cm³/mol. The van der Waals surface area contributed by atoms with E-state index in [9.17, 15) is 0 Å². The van der Waals surface area contributed by atoms with Gasteiger partial charge in [0.2, 0.25) is 0 Å². The van der Waals surface area contributed by atoms with E-state index in [1.165, 1.54) is 77.0 Å². The molecule has 0 aromatic heterocycles. The molecule has 19 heavy (non-hydrogen) atoms. The first-order valence-corrected chi connectivity index (χ1v) is 8.73. The number of hydrogen-bond acceptors (Lipinski definition) is 2. The van der Waals surface area contributed by atoms with Crippen molar-refractivity contribution in [3.8, 4) is 0 Å². The first kappa shape index (κ1) is 15.3. The van der Waals surface area contributed by atoms with Crippen molar-refractivity contribution in [3.05, 3.63) is 0 Å². The van der Waals surface area contributed by atoms with Crippen LogP contribution in [0.1, 0.15) is 84.0 Å². The molecular weight excluding hydrogens is 234 g/mol. The zero-order valence-corrected chi connectivity index (χ0v) is 12.9. The van der Waals surface area contributed by atoms with Gasteiger partial charge in [0.15, 0.2) is 0 Å². The maximum atomic E-state index is 6.42. The third-order valence-corrected chi connectivity index (χ3v) is 4.88. The molecule has 0 aromatic rings. The van der Waals surface area contributed by atoms with E-state index in [2.05, 4.69) is 12.2 Å². The van der Waals surface area contributed by atoms with E-state index >= 15 is 0 Å². The van der Waals surface area contributed by atoms with Crippen molar-refractivity contribution < 1.29 is 4.74 Å². The molecule has 2 aliphatic rings. The number of hydrogen-bond donors (Lipinski definition) is 1. The topological polar surface area (TPSA) is 21.3 Å². The number of rotatable bonds is 8. The Morgan fingerprint density at radius 1 is 1.00 bits per heavy atom. The summed E-state index contributed by atoms with van der Waals surface area (Å²) in [7, 11) is 0. The number of ether oxygens (including phenoxy) is 1. The molecule has 0 radical (unpaired) electrons. The Hall–Kier alpha value is -0.0800. The maximum Gasteiger partial charge on any atom is 0.0810 e. The summed E-state index contributed by atoms with van der Waals surface area (Å²) in [6, 6.07) is 0. The molecule has 2 nitrogen and oxygen atoms in total. The van der Waals surface area contributed by atoms with Crippen molar-refractivity contribution in [3.63, 3.8) is 0 Å². The van der Waals surface area contributed by atoms with Gasteiger partial charge in [-0.2, -0.15) is 0 Å². The Labute approximate surface area is 119 Å². The molecule has 1 N–H and O–H groups in total. The predicted octanol–water partition coefficient (Wildman–Crippen LogP) is 4.43. The minimum Gasteiger partial charge on any atom is -0.369 e. The molecule has 1 atom stereocenters. The standard InChI is InChI=1S/C17H33NO/c1-2-3-4-5-6-7-8-11-16-14-18-15-17(19-16)12-9-10-13-17/h16,18H,2-15H2,1H3. The van der Waals surface area contributed by atoms with Crippen LogP contribution in [-0.2, 0) is 4.74 Å². The molecular formula is C17H33NO. The third kappa shape index (κ3) is 5.07. The number of nitrogens with one attached hydrogen (secondary N) is 1. The molecule has 1 saturated heterocycles. The number of morpholine rings is 1. The molecule has 112 valence electrons. The average Bonchev–Trinajstić information content (AvgIpc) is 2.86. The van der Waals surface area contributed by atoms with Crippen molar-refractivity contribution in [2.75, 3.05) is 13.1 Å². The largest absolute Gasteiger partial charge is 0.369 e. The van der Waals surface area contributed by atoms with E-state index in [1.54, 1.807) is 0 Å². The van der Waals surface area contributed by atoms with Crippen LogP contribution < -0.4 is 5.32 Å². The summed E-state index contributed by atoms with van der Waals surface area (Å²) in [5.74, 6) is 0. The summed E-state index contributed by atoms with van der Waals surface area (Å²) in [6.45, 7) is 4.46. The van der Waals surface area contributed by atoms with Crippen molar-refractivity contribution in [1.82, 2.24) is 5.32 Å². The van der Waals surface area contributed by atoms with Crippen molar-refractivity contribution in [1.29, 1.82) is 0 Å². The van der Waals surface area contributed by atoms with Gasteiger partial charge in [0.1, 0.15) is 0 Å². The fourth-order valence-corrected chi connectivity index (χ4v) is 3.70. The van der Waals surface area contributed by atoms with Crippen LogP contribution in [0.15, 0.2) is 0 Å². The van der Waals surface area contributed by atoms with Gasteiger partial charge in [0.05, 0.1) is 11.7 Å². The quantitative estimate of drug-likeness (QED) is 0.657. The summed E-state index contributed by atoms with van der Waals surface area (Å²) in [4.78, 5) is 0. The lowest BCUT2D eigenvalue weighted by Crippen LogP contribution is -2.52. The summed E-state index contributed by atoms with van der Waals surface area (Å²) < 4.78 is 6.42. The normalized spacial score (nSPS) is 26.1. The lowest BCUT2D eigenvalue weighted by molar-refractivity contribution is -0.114. The van der Waals surface area contributed by atoms with Crippen LogP contribution in [-0.4, -0.2) is 24.8 Å². The lowest BCUT2D eigenvalue weighted by Gasteiger charge is -2.39. The smallest absolute Gasteiger partial charge is 0.0810 e. The molecule has 2 fully saturated rings. The lowest BCUT2D eigenvalue weighted by atomic mass is 9.98. The van der Waals surface area contributed by atoms with Crippen molar-refractivity contribution in [2.24, 2.45) is 0 Å². The van der Waals surface area contributed by atoms with E-state index in [0.717, 1.165) is 13.1 Å². The van der Waals surface area contributed by atoms with E-state index in [1.807, 2.05) is 0 Å². The highest BCUT2D eigenvalue weighted by molar-refractivity contribution is 4.92. The molecule has 2 rings (SSSR count). The van der Waals surface area contributed by atoms with Crippen LogP contribution in [0.5, 0.6) is 0 Å². The number of unbranched alkanes of at least 4 members (excludes halogenated alkanes) is 6. The van der Waals surface area contributed by atoms with Gasteiger partial charge in [-0.3, -0.25) is 0 Å². The van der Waals surface area contributed by atoms with Crippen LogP contribution in [0.2, 0.25) is 0 Å². The monoisotopic (exact) mass is 267 g/mol. The molecule has 1 heterocycles. The van der Waals surface area contributed by atoms with E-state index in [-0.39, 0.29) is 5.60 Å². The molecule has 1 aliphatic heterocycles. The van der Waals surface area contributed by atoms with Crippen LogP contribution in [0.4, 0.5) is 0 Å². The summed E-state index contributed by atoms with van der Waals surface area (Å²) in [5.41, 5.74) is 0.226. The third-order valence-electron chi connectivity index (χ3n) is 4.88. The van der Waals surface area contributed by atoms with Crippen LogP contribution >= 0.6 is 0 Å². The fourth-order valence-electron chi connectivity index (χ4n) is 3.70. The minimum absolute atomic E-state index is 0.226. The Kier molecular flexibility index (Phi) is 6.66. The van der Waals surface area contributed by atoms with Gasteiger partial charge >= 0.3 is 0 Å². The molecule has 0 bridgehead atoms. The van der Waals surface area contributed by atoms with Gasteiger partial charge in [0, 0.05) is 13.1 Å². The zero-order valence-electron chi connectivity index (χ0n) is 12.9. The first-order chi connectivity index (χ1) is 9.35. The van der Waals surface area contributed by atoms with Crippen LogP contribution in [0.3, 0.4) is 0 Å². The molecule has 2 heteroatoms. The van der Waals surface area contributed by atoms with E-state index in [4.69, 9.17) is 4.74 Å². The van der Waals surface area contributed by atoms with Gasteiger partial charge in [-0.25, -0.2) is 0 Å². The van der Waals surface area contributed by atoms with Crippen molar-refractivity contribution >= 4 is 0 Å². The molecule has 1 spiro atoms. The molecule has 1 saturated carbocycles. The van der Waals surface area contributed by atoms with E-state index in [0.29, 0.717) is 6.10 Å². The van der Waals surface area contributed by atoms with Gasteiger partial charge < -0.3 is 10.1 Å². The van der Waals surface area contributed by atoms with Crippen molar-refractivity contribution in [2.45, 2.75) is 95.7 Å². The molecule has 1 unspecified atom stereocenters. The Morgan fingerprint density at radius 2 is 1.68 bits per heavy atom. The molecule has 0 aromatic carbocycles. The highest BCUT2D eigenvalue weighted by atomic mass is 16.5. The van der Waals surface area contributed by atoms with E-state index < -0.39 is 0 Å². The minimum atomic E-state index is 0.226. The second-order valence-electron chi connectivity index (χ2n) is 6.67. The molecule has 0 amide bonds. The molecule has 1 aliphatic carbocycles. The van der Waals surface area contributed by atoms with Crippen LogP contribution in [0.25, 0.3) is 0 Å². The maximum absolute atomic E-state index is 6.42. The Bertz CT molecular complexity index is 235. The van der Waals surface area contributed by atoms with Gasteiger partial charge in [-0.1, -0.05) is 64.7 Å². The highest BCUT2D eigenvalue weighted by Gasteiger charge is 2.39. The second-order valence-corrected chi connectivity index (χ2v) is 6.67. The highest BCUT2D eigenvalue weighted by Crippen LogP contribution is 2.36. The second kappa shape index (κ2) is 8.26. The summed E-state index contributed by atoms with van der Waals surface area (Å²) in [5, 5.41) is 3.61. The first-order valence-electron chi connectivity index (χ1n) is 8.73. The SMILES string of the molecule is CCCCCCCCCC1CNCC2(CCCC2)O1. The van der Waals surface area contributed by atoms with Gasteiger partial charge in [-0.05, 0) is 19.3 Å². The Morgan fingerprint density at radius 3 is 2.42 bits per heavy atom.